The molecule has 5 nitrogen and oxygen atoms in total. The van der Waals surface area contributed by atoms with E-state index in [9.17, 15) is 9.59 Å². The summed E-state index contributed by atoms with van der Waals surface area (Å²) in [5.41, 5.74) is 2.48. The van der Waals surface area contributed by atoms with E-state index >= 15 is 0 Å². The number of benzene rings is 2. The Kier molecular flexibility index (Phi) is 3.66. The fourth-order valence-corrected chi connectivity index (χ4v) is 2.84. The van der Waals surface area contributed by atoms with Gasteiger partial charge in [0.25, 0.3) is 5.91 Å². The molecule has 2 aromatic carbocycles. The number of nitrogens with one attached hydrogen (secondary N) is 2. The molecule has 0 bridgehead atoms. The summed E-state index contributed by atoms with van der Waals surface area (Å²) < 4.78 is 5.82. The molecule has 1 amide bonds. The molecular weight excluding hydrogens is 336 g/mol. The Balaban J connectivity index is 1.69. The molecule has 0 unspecified atom stereocenters. The molecule has 1 aromatic heterocycles. The van der Waals surface area contributed by atoms with E-state index in [-0.39, 0.29) is 11.3 Å². The van der Waals surface area contributed by atoms with Crippen LogP contribution in [0.2, 0.25) is 0 Å². The summed E-state index contributed by atoms with van der Waals surface area (Å²) in [6.07, 6.45) is 1.70. The van der Waals surface area contributed by atoms with Gasteiger partial charge < -0.3 is 9.73 Å². The molecule has 1 aliphatic heterocycles. The minimum Gasteiger partial charge on any atom is -0.456 e. The van der Waals surface area contributed by atoms with Crippen LogP contribution >= 0.6 is 12.2 Å². The minimum absolute atomic E-state index is 0.0802. The summed E-state index contributed by atoms with van der Waals surface area (Å²) >= 11 is 4.90. The molecule has 6 heteroatoms. The number of hydrogen-bond acceptors (Lipinski definition) is 4. The van der Waals surface area contributed by atoms with E-state index in [1.807, 2.05) is 30.3 Å². The van der Waals surface area contributed by atoms with E-state index in [2.05, 4.69) is 10.6 Å². The SMILES string of the molecule is O=C1NC(=S)N/C1=C/c1ccc(-c2cc(=O)c3ccccc3o2)cc1. The topological polar surface area (TPSA) is 71.3 Å². The smallest absolute Gasteiger partial charge is 0.273 e. The summed E-state index contributed by atoms with van der Waals surface area (Å²) in [4.78, 5) is 23.9. The third kappa shape index (κ3) is 2.95. The zero-order valence-corrected chi connectivity index (χ0v) is 13.7. The van der Waals surface area contributed by atoms with Gasteiger partial charge in [0.15, 0.2) is 10.5 Å². The monoisotopic (exact) mass is 348 g/mol. The lowest BCUT2D eigenvalue weighted by atomic mass is 10.1. The third-order valence-corrected chi connectivity index (χ3v) is 4.06. The largest absolute Gasteiger partial charge is 0.456 e. The van der Waals surface area contributed by atoms with Crippen molar-refractivity contribution < 1.29 is 9.21 Å². The van der Waals surface area contributed by atoms with Crippen molar-refractivity contribution in [2.45, 2.75) is 0 Å². The maximum absolute atomic E-state index is 12.2. The predicted molar refractivity (Wildman–Crippen MR) is 99.8 cm³/mol. The Morgan fingerprint density at radius 2 is 1.72 bits per heavy atom. The Bertz CT molecular complexity index is 1100. The van der Waals surface area contributed by atoms with E-state index < -0.39 is 0 Å². The number of fused-ring (bicyclic) bond motifs is 1. The average molecular weight is 348 g/mol. The van der Waals surface area contributed by atoms with Crippen LogP contribution in [0.5, 0.6) is 0 Å². The summed E-state index contributed by atoms with van der Waals surface area (Å²) in [6, 6.07) is 16.0. The third-order valence-electron chi connectivity index (χ3n) is 3.86. The molecule has 4 rings (SSSR count). The van der Waals surface area contributed by atoms with Gasteiger partial charge in [-0.05, 0) is 36.0 Å². The molecule has 1 aliphatic rings. The second-order valence-corrected chi connectivity index (χ2v) is 5.97. The van der Waals surface area contributed by atoms with Gasteiger partial charge in [-0.3, -0.25) is 14.9 Å². The molecule has 2 N–H and O–H groups in total. The van der Waals surface area contributed by atoms with Gasteiger partial charge in [0, 0.05) is 11.6 Å². The highest BCUT2D eigenvalue weighted by Gasteiger charge is 2.19. The second-order valence-electron chi connectivity index (χ2n) is 5.56. The van der Waals surface area contributed by atoms with Gasteiger partial charge in [0.2, 0.25) is 0 Å². The summed E-state index contributed by atoms with van der Waals surface area (Å²) in [6.45, 7) is 0. The molecule has 0 saturated carbocycles. The molecule has 25 heavy (non-hydrogen) atoms. The highest BCUT2D eigenvalue weighted by molar-refractivity contribution is 7.80. The first kappa shape index (κ1) is 15.3. The molecule has 1 fully saturated rings. The van der Waals surface area contributed by atoms with E-state index in [0.29, 0.717) is 27.5 Å². The first-order valence-corrected chi connectivity index (χ1v) is 7.98. The van der Waals surface area contributed by atoms with Crippen LogP contribution in [0.25, 0.3) is 28.4 Å². The van der Waals surface area contributed by atoms with Gasteiger partial charge in [-0.25, -0.2) is 0 Å². The summed E-state index contributed by atoms with van der Waals surface area (Å²) in [7, 11) is 0. The summed E-state index contributed by atoms with van der Waals surface area (Å²) in [5, 5.41) is 6.16. The van der Waals surface area contributed by atoms with E-state index in [1.54, 1.807) is 24.3 Å². The van der Waals surface area contributed by atoms with Crippen LogP contribution in [0, 0.1) is 0 Å². The molecule has 2 heterocycles. The zero-order valence-electron chi connectivity index (χ0n) is 12.9. The molecule has 0 aliphatic carbocycles. The Morgan fingerprint density at radius 3 is 2.44 bits per heavy atom. The highest BCUT2D eigenvalue weighted by atomic mass is 32.1. The number of rotatable bonds is 2. The molecule has 3 aromatic rings. The average Bonchev–Trinajstić information content (AvgIpc) is 2.93. The van der Waals surface area contributed by atoms with Crippen LogP contribution in [0.3, 0.4) is 0 Å². The van der Waals surface area contributed by atoms with Gasteiger partial charge in [0.1, 0.15) is 17.0 Å². The predicted octanol–water partition coefficient (Wildman–Crippen LogP) is 2.81. The Morgan fingerprint density at radius 1 is 0.960 bits per heavy atom. The van der Waals surface area contributed by atoms with Crippen LogP contribution in [0.1, 0.15) is 5.56 Å². The second kappa shape index (κ2) is 5.99. The van der Waals surface area contributed by atoms with Gasteiger partial charge in [-0.2, -0.15) is 0 Å². The number of amides is 1. The van der Waals surface area contributed by atoms with Crippen LogP contribution in [0.15, 0.2) is 69.5 Å². The lowest BCUT2D eigenvalue weighted by Gasteiger charge is -2.04. The first-order chi connectivity index (χ1) is 12.1. The van der Waals surface area contributed by atoms with Gasteiger partial charge in [-0.15, -0.1) is 0 Å². The molecule has 0 spiro atoms. The Hall–Kier alpha value is -3.25. The minimum atomic E-state index is -0.255. The number of para-hydroxylation sites is 1. The molecule has 0 atom stereocenters. The maximum atomic E-state index is 12.2. The van der Waals surface area contributed by atoms with Crippen LogP contribution in [0.4, 0.5) is 0 Å². The highest BCUT2D eigenvalue weighted by Crippen LogP contribution is 2.23. The van der Waals surface area contributed by atoms with Crippen LogP contribution < -0.4 is 16.1 Å². The van der Waals surface area contributed by atoms with Crippen molar-refractivity contribution in [2.24, 2.45) is 0 Å². The van der Waals surface area contributed by atoms with Gasteiger partial charge in [-0.1, -0.05) is 36.4 Å². The molecule has 122 valence electrons. The normalized spacial score (nSPS) is 15.4. The lowest BCUT2D eigenvalue weighted by Crippen LogP contribution is -2.21. The van der Waals surface area contributed by atoms with Gasteiger partial charge >= 0.3 is 0 Å². The van der Waals surface area contributed by atoms with Crippen molar-refractivity contribution in [3.05, 3.63) is 76.1 Å². The first-order valence-electron chi connectivity index (χ1n) is 7.57. The lowest BCUT2D eigenvalue weighted by molar-refractivity contribution is -0.115. The van der Waals surface area contributed by atoms with Crippen LogP contribution in [-0.2, 0) is 4.79 Å². The van der Waals surface area contributed by atoms with E-state index in [4.69, 9.17) is 16.6 Å². The van der Waals surface area contributed by atoms with Crippen molar-refractivity contribution in [3.8, 4) is 11.3 Å². The van der Waals surface area contributed by atoms with Crippen LogP contribution in [-0.4, -0.2) is 11.0 Å². The van der Waals surface area contributed by atoms with Crippen molar-refractivity contribution in [3.63, 3.8) is 0 Å². The van der Waals surface area contributed by atoms with Gasteiger partial charge in [0.05, 0.1) is 5.39 Å². The fraction of sp³-hybridized carbons (Fsp3) is 0. The zero-order chi connectivity index (χ0) is 17.4. The standard InChI is InChI=1S/C19H12N2O3S/c22-15-10-17(24-16-4-2-1-3-13(15)16)12-7-5-11(6-8-12)9-14-18(23)21-19(25)20-14/h1-10H,(H2,20,21,23,25)/b14-9+. The number of hydrogen-bond donors (Lipinski definition) is 2. The van der Waals surface area contributed by atoms with Crippen molar-refractivity contribution in [1.82, 2.24) is 10.6 Å². The number of carbonyl (C=O) groups is 1. The summed E-state index contributed by atoms with van der Waals surface area (Å²) in [5.74, 6) is 0.246. The van der Waals surface area contributed by atoms with E-state index in [1.165, 1.54) is 6.07 Å². The number of thiocarbonyl (C=S) groups is 1. The van der Waals surface area contributed by atoms with E-state index in [0.717, 1.165) is 11.1 Å². The molecular formula is C19H12N2O3S. The van der Waals surface area contributed by atoms with Crippen molar-refractivity contribution in [1.29, 1.82) is 0 Å². The fourth-order valence-electron chi connectivity index (χ4n) is 2.64. The quantitative estimate of drug-likeness (QED) is 0.550. The molecule has 0 radical (unpaired) electrons. The Labute approximate surface area is 148 Å². The maximum Gasteiger partial charge on any atom is 0.273 e. The number of carbonyl (C=O) groups excluding carboxylic acids is 1. The van der Waals surface area contributed by atoms with Crippen molar-refractivity contribution in [2.75, 3.05) is 0 Å². The van der Waals surface area contributed by atoms with Crippen molar-refractivity contribution >= 4 is 40.3 Å². The molecule has 1 saturated heterocycles.